The summed E-state index contributed by atoms with van der Waals surface area (Å²) in [5, 5.41) is 11.8. The first-order valence-corrected chi connectivity index (χ1v) is 7.07. The van der Waals surface area contributed by atoms with Crippen LogP contribution in [0.2, 0.25) is 0 Å². The fourth-order valence-electron chi connectivity index (χ4n) is 2.69. The maximum Gasteiger partial charge on any atom is 0.0771 e. The lowest BCUT2D eigenvalue weighted by Crippen LogP contribution is -2.55. The van der Waals surface area contributed by atoms with Gasteiger partial charge in [0, 0.05) is 37.9 Å². The molecule has 0 radical (unpaired) electrons. The molecule has 0 spiro atoms. The number of nitrogens with zero attached hydrogens (tertiary/aromatic N) is 3. The van der Waals surface area contributed by atoms with Gasteiger partial charge in [-0.15, -0.1) is 0 Å². The highest BCUT2D eigenvalue weighted by molar-refractivity contribution is 5.00. The monoisotopic (exact) mass is 248 g/mol. The van der Waals surface area contributed by atoms with Crippen LogP contribution < -0.4 is 5.32 Å². The molecule has 1 fully saturated rings. The van der Waals surface area contributed by atoms with Gasteiger partial charge in [-0.3, -0.25) is 4.90 Å². The lowest BCUT2D eigenvalue weighted by Gasteiger charge is -2.40. The molecule has 2 heterocycles. The Labute approximate surface area is 110 Å². The zero-order chi connectivity index (χ0) is 12.8. The Balaban J connectivity index is 1.98. The lowest BCUT2D eigenvalue weighted by molar-refractivity contribution is 0.114. The summed E-state index contributed by atoms with van der Waals surface area (Å²) < 4.78 is 0. The Morgan fingerprint density at radius 3 is 3.00 bits per heavy atom. The molecule has 0 bridgehead atoms. The van der Waals surface area contributed by atoms with Crippen LogP contribution in [0.15, 0.2) is 18.3 Å². The molecule has 1 aromatic heterocycles. The summed E-state index contributed by atoms with van der Waals surface area (Å²) in [6.07, 6.45) is 5.42. The van der Waals surface area contributed by atoms with E-state index in [1.165, 1.54) is 19.3 Å². The second kappa shape index (κ2) is 6.81. The van der Waals surface area contributed by atoms with E-state index in [1.807, 2.05) is 6.07 Å². The second-order valence-corrected chi connectivity index (χ2v) is 5.10. The van der Waals surface area contributed by atoms with Crippen LogP contribution in [0, 0.1) is 0 Å². The standard InChI is InChI=1S/C14H24N4/c1-3-6-12-10-18(14(4-2)9-15-12)11-13-7-5-8-16-17-13/h5,7-8,12,14-15H,3-4,6,9-11H2,1-2H3. The number of piperazine rings is 1. The second-order valence-electron chi connectivity index (χ2n) is 5.10. The van der Waals surface area contributed by atoms with Crippen molar-refractivity contribution in [3.63, 3.8) is 0 Å². The highest BCUT2D eigenvalue weighted by atomic mass is 15.2. The van der Waals surface area contributed by atoms with Gasteiger partial charge in [-0.25, -0.2) is 0 Å². The van der Waals surface area contributed by atoms with Crippen LogP contribution in [0.4, 0.5) is 0 Å². The molecule has 100 valence electrons. The lowest BCUT2D eigenvalue weighted by atomic mass is 10.0. The molecule has 1 aliphatic rings. The van der Waals surface area contributed by atoms with Crippen LogP contribution >= 0.6 is 0 Å². The molecule has 4 nitrogen and oxygen atoms in total. The minimum absolute atomic E-state index is 0.625. The molecule has 1 aliphatic heterocycles. The molecule has 1 saturated heterocycles. The molecule has 1 N–H and O–H groups in total. The number of nitrogens with one attached hydrogen (secondary N) is 1. The SMILES string of the molecule is CCCC1CN(Cc2cccnn2)C(CC)CN1. The number of rotatable bonds is 5. The third-order valence-corrected chi connectivity index (χ3v) is 3.71. The molecular weight excluding hydrogens is 224 g/mol. The van der Waals surface area contributed by atoms with Crippen LogP contribution in [0.5, 0.6) is 0 Å². The van der Waals surface area contributed by atoms with E-state index in [0.29, 0.717) is 12.1 Å². The van der Waals surface area contributed by atoms with Crippen LogP contribution in [-0.2, 0) is 6.54 Å². The average molecular weight is 248 g/mol. The van der Waals surface area contributed by atoms with Gasteiger partial charge in [-0.1, -0.05) is 20.3 Å². The first kappa shape index (κ1) is 13.4. The Kier molecular flexibility index (Phi) is 5.08. The van der Waals surface area contributed by atoms with E-state index in [9.17, 15) is 0 Å². The van der Waals surface area contributed by atoms with Gasteiger partial charge < -0.3 is 5.32 Å². The van der Waals surface area contributed by atoms with E-state index in [4.69, 9.17) is 0 Å². The molecule has 18 heavy (non-hydrogen) atoms. The third-order valence-electron chi connectivity index (χ3n) is 3.71. The first-order valence-electron chi connectivity index (χ1n) is 7.07. The fraction of sp³-hybridized carbons (Fsp3) is 0.714. The summed E-state index contributed by atoms with van der Waals surface area (Å²) in [4.78, 5) is 2.56. The predicted octanol–water partition coefficient (Wildman–Crippen LogP) is 1.83. The molecule has 4 heteroatoms. The topological polar surface area (TPSA) is 41.1 Å². The normalized spacial score (nSPS) is 25.2. The van der Waals surface area contributed by atoms with Crippen LogP contribution in [0.1, 0.15) is 38.8 Å². The number of hydrogen-bond donors (Lipinski definition) is 1. The quantitative estimate of drug-likeness (QED) is 0.863. The summed E-state index contributed by atoms with van der Waals surface area (Å²) in [6, 6.07) is 5.29. The Bertz CT molecular complexity index is 341. The summed E-state index contributed by atoms with van der Waals surface area (Å²) in [5.41, 5.74) is 1.08. The van der Waals surface area contributed by atoms with Crippen molar-refractivity contribution in [3.05, 3.63) is 24.0 Å². The molecule has 0 aromatic carbocycles. The van der Waals surface area contributed by atoms with Crippen LogP contribution in [-0.4, -0.2) is 40.3 Å². The van der Waals surface area contributed by atoms with Gasteiger partial charge >= 0.3 is 0 Å². The summed E-state index contributed by atoms with van der Waals surface area (Å²) in [5.74, 6) is 0. The molecule has 0 saturated carbocycles. The van der Waals surface area contributed by atoms with E-state index in [-0.39, 0.29) is 0 Å². The van der Waals surface area contributed by atoms with Crippen molar-refractivity contribution in [3.8, 4) is 0 Å². The van der Waals surface area contributed by atoms with Gasteiger partial charge in [0.15, 0.2) is 0 Å². The van der Waals surface area contributed by atoms with Crippen molar-refractivity contribution in [2.45, 2.75) is 51.7 Å². The average Bonchev–Trinajstić information content (AvgIpc) is 2.41. The van der Waals surface area contributed by atoms with Gasteiger partial charge in [0.1, 0.15) is 0 Å². The zero-order valence-corrected chi connectivity index (χ0v) is 11.5. The maximum absolute atomic E-state index is 4.20. The van der Waals surface area contributed by atoms with Crippen LogP contribution in [0.25, 0.3) is 0 Å². The summed E-state index contributed by atoms with van der Waals surface area (Å²) >= 11 is 0. The van der Waals surface area contributed by atoms with Gasteiger partial charge in [0.2, 0.25) is 0 Å². The van der Waals surface area contributed by atoms with Gasteiger partial charge in [0.25, 0.3) is 0 Å². The minimum Gasteiger partial charge on any atom is -0.311 e. The van der Waals surface area contributed by atoms with E-state index in [0.717, 1.165) is 25.3 Å². The van der Waals surface area contributed by atoms with E-state index in [2.05, 4.69) is 40.3 Å². The highest BCUT2D eigenvalue weighted by Gasteiger charge is 2.26. The molecular formula is C14H24N4. The molecule has 2 unspecified atom stereocenters. The predicted molar refractivity (Wildman–Crippen MR) is 73.2 cm³/mol. The number of aromatic nitrogens is 2. The van der Waals surface area contributed by atoms with E-state index < -0.39 is 0 Å². The molecule has 2 atom stereocenters. The smallest absolute Gasteiger partial charge is 0.0771 e. The molecule has 0 amide bonds. The van der Waals surface area contributed by atoms with Crippen molar-refractivity contribution in [1.82, 2.24) is 20.4 Å². The third kappa shape index (κ3) is 3.50. The fourth-order valence-corrected chi connectivity index (χ4v) is 2.69. The molecule has 0 aliphatic carbocycles. The van der Waals surface area contributed by atoms with Gasteiger partial charge in [-0.2, -0.15) is 10.2 Å². The van der Waals surface area contributed by atoms with Gasteiger partial charge in [-0.05, 0) is 25.0 Å². The molecule has 2 rings (SSSR count). The van der Waals surface area contributed by atoms with Crippen molar-refractivity contribution >= 4 is 0 Å². The summed E-state index contributed by atoms with van der Waals surface area (Å²) in [6.45, 7) is 7.66. The summed E-state index contributed by atoms with van der Waals surface area (Å²) in [7, 11) is 0. The Hall–Kier alpha value is -1.00. The molecule has 1 aromatic rings. The van der Waals surface area contributed by atoms with Crippen molar-refractivity contribution in [2.24, 2.45) is 0 Å². The Morgan fingerprint density at radius 2 is 2.33 bits per heavy atom. The largest absolute Gasteiger partial charge is 0.311 e. The van der Waals surface area contributed by atoms with Crippen LogP contribution in [0.3, 0.4) is 0 Å². The van der Waals surface area contributed by atoms with E-state index in [1.54, 1.807) is 6.20 Å². The Morgan fingerprint density at radius 1 is 1.44 bits per heavy atom. The zero-order valence-electron chi connectivity index (χ0n) is 11.5. The number of hydrogen-bond acceptors (Lipinski definition) is 4. The van der Waals surface area contributed by atoms with Gasteiger partial charge in [0.05, 0.1) is 5.69 Å². The van der Waals surface area contributed by atoms with Crippen molar-refractivity contribution in [1.29, 1.82) is 0 Å². The maximum atomic E-state index is 4.20. The van der Waals surface area contributed by atoms with E-state index >= 15 is 0 Å². The first-order chi connectivity index (χ1) is 8.83. The highest BCUT2D eigenvalue weighted by Crippen LogP contribution is 2.15. The van der Waals surface area contributed by atoms with Crippen molar-refractivity contribution < 1.29 is 0 Å². The van der Waals surface area contributed by atoms with Crippen molar-refractivity contribution in [2.75, 3.05) is 13.1 Å². The minimum atomic E-state index is 0.625.